The van der Waals surface area contributed by atoms with Gasteiger partial charge in [-0.25, -0.2) is 13.2 Å². The SMILES string of the molecule is CC(C)(C)OC(=O)NCCCCCCCCCCSS(C)(=O)=O. The second-order valence-corrected chi connectivity index (χ2v) is 11.4. The molecule has 0 atom stereocenters. The molecule has 1 amide bonds. The van der Waals surface area contributed by atoms with Crippen LogP contribution in [0.2, 0.25) is 0 Å². The van der Waals surface area contributed by atoms with E-state index in [0.29, 0.717) is 12.3 Å². The van der Waals surface area contributed by atoms with Crippen LogP contribution in [-0.4, -0.2) is 38.7 Å². The molecule has 0 fully saturated rings. The van der Waals surface area contributed by atoms with Crippen molar-refractivity contribution in [1.29, 1.82) is 0 Å². The molecule has 0 aromatic rings. The summed E-state index contributed by atoms with van der Waals surface area (Å²) in [5.41, 5.74) is -0.441. The van der Waals surface area contributed by atoms with Crippen molar-refractivity contribution in [3.63, 3.8) is 0 Å². The number of alkyl carbamates (subject to hydrolysis) is 1. The van der Waals surface area contributed by atoms with Crippen molar-refractivity contribution in [3.05, 3.63) is 0 Å². The standard InChI is InChI=1S/C16H33NO4S2/c1-16(2,3)21-15(18)17-13-11-9-7-5-6-8-10-12-14-22-23(4,19)20/h5-14H2,1-4H3,(H,17,18). The molecule has 0 aromatic heterocycles. The van der Waals surface area contributed by atoms with Crippen molar-refractivity contribution < 1.29 is 17.9 Å². The summed E-state index contributed by atoms with van der Waals surface area (Å²) in [7, 11) is -1.83. The number of carbonyl (C=O) groups excluding carboxylic acids is 1. The quantitative estimate of drug-likeness (QED) is 0.411. The van der Waals surface area contributed by atoms with Crippen LogP contribution in [0.5, 0.6) is 0 Å². The zero-order chi connectivity index (χ0) is 17.8. The van der Waals surface area contributed by atoms with E-state index in [1.165, 1.54) is 31.9 Å². The van der Waals surface area contributed by atoms with Crippen LogP contribution in [0.25, 0.3) is 0 Å². The van der Waals surface area contributed by atoms with E-state index in [2.05, 4.69) is 5.32 Å². The van der Waals surface area contributed by atoms with Crippen LogP contribution < -0.4 is 5.32 Å². The van der Waals surface area contributed by atoms with Crippen molar-refractivity contribution in [2.45, 2.75) is 77.7 Å². The van der Waals surface area contributed by atoms with Gasteiger partial charge in [-0.2, -0.15) is 0 Å². The molecule has 23 heavy (non-hydrogen) atoms. The molecule has 0 aliphatic heterocycles. The molecule has 0 aromatic carbocycles. The second-order valence-electron chi connectivity index (χ2n) is 6.78. The Morgan fingerprint density at radius 3 is 1.91 bits per heavy atom. The lowest BCUT2D eigenvalue weighted by Gasteiger charge is -2.19. The van der Waals surface area contributed by atoms with Gasteiger partial charge in [-0.3, -0.25) is 0 Å². The number of unbranched alkanes of at least 4 members (excludes halogenated alkanes) is 7. The Morgan fingerprint density at radius 1 is 0.957 bits per heavy atom. The third-order valence-corrected chi connectivity index (χ3v) is 5.70. The van der Waals surface area contributed by atoms with E-state index in [0.717, 1.165) is 36.5 Å². The summed E-state index contributed by atoms with van der Waals surface area (Å²) in [6, 6.07) is 0. The molecular weight excluding hydrogens is 334 g/mol. The number of carbonyl (C=O) groups is 1. The predicted molar refractivity (Wildman–Crippen MR) is 98.5 cm³/mol. The first kappa shape index (κ1) is 22.6. The van der Waals surface area contributed by atoms with Crippen LogP contribution in [0.4, 0.5) is 4.79 Å². The number of amides is 1. The minimum Gasteiger partial charge on any atom is -0.444 e. The Morgan fingerprint density at radius 2 is 1.43 bits per heavy atom. The zero-order valence-corrected chi connectivity index (χ0v) is 16.7. The topological polar surface area (TPSA) is 72.5 Å². The fourth-order valence-electron chi connectivity index (χ4n) is 2.00. The van der Waals surface area contributed by atoms with Crippen LogP contribution in [-0.2, 0) is 13.6 Å². The average molecular weight is 368 g/mol. The first-order valence-electron chi connectivity index (χ1n) is 8.41. The van der Waals surface area contributed by atoms with E-state index >= 15 is 0 Å². The van der Waals surface area contributed by atoms with E-state index in [-0.39, 0.29) is 6.09 Å². The van der Waals surface area contributed by atoms with Crippen LogP contribution >= 0.6 is 10.8 Å². The molecule has 0 rings (SSSR count). The normalized spacial score (nSPS) is 12.2. The van der Waals surface area contributed by atoms with Crippen molar-refractivity contribution in [3.8, 4) is 0 Å². The van der Waals surface area contributed by atoms with Gasteiger partial charge >= 0.3 is 6.09 Å². The highest BCUT2D eigenvalue weighted by molar-refractivity contribution is 8.71. The fraction of sp³-hybridized carbons (Fsp3) is 0.938. The lowest BCUT2D eigenvalue weighted by Crippen LogP contribution is -2.32. The molecule has 0 bridgehead atoms. The summed E-state index contributed by atoms with van der Waals surface area (Å²) in [6.07, 6.45) is 9.81. The van der Waals surface area contributed by atoms with Crippen LogP contribution in [0.3, 0.4) is 0 Å². The van der Waals surface area contributed by atoms with Gasteiger partial charge in [-0.1, -0.05) is 38.5 Å². The molecule has 0 saturated carbocycles. The van der Waals surface area contributed by atoms with Gasteiger partial charge in [-0.05, 0) is 44.4 Å². The number of nitrogens with one attached hydrogen (secondary N) is 1. The van der Waals surface area contributed by atoms with Crippen LogP contribution in [0, 0.1) is 0 Å². The van der Waals surface area contributed by atoms with Gasteiger partial charge in [0.1, 0.15) is 5.60 Å². The zero-order valence-electron chi connectivity index (χ0n) is 15.0. The van der Waals surface area contributed by atoms with Gasteiger partial charge in [0.15, 0.2) is 8.87 Å². The first-order valence-corrected chi connectivity index (χ1v) is 11.8. The third-order valence-electron chi connectivity index (χ3n) is 3.04. The lowest BCUT2D eigenvalue weighted by molar-refractivity contribution is 0.0527. The average Bonchev–Trinajstić information content (AvgIpc) is 2.36. The highest BCUT2D eigenvalue weighted by Crippen LogP contribution is 2.14. The number of hydrogen-bond acceptors (Lipinski definition) is 5. The Balaban J connectivity index is 3.27. The van der Waals surface area contributed by atoms with Gasteiger partial charge in [0, 0.05) is 18.6 Å². The van der Waals surface area contributed by atoms with Crippen molar-refractivity contribution in [2.24, 2.45) is 0 Å². The lowest BCUT2D eigenvalue weighted by atomic mass is 10.1. The van der Waals surface area contributed by atoms with E-state index in [1.54, 1.807) is 0 Å². The molecule has 0 unspecified atom stereocenters. The molecule has 0 radical (unpaired) electrons. The molecule has 7 heteroatoms. The van der Waals surface area contributed by atoms with Gasteiger partial charge in [0.05, 0.1) is 0 Å². The molecule has 0 saturated heterocycles. The minimum absolute atomic E-state index is 0.343. The summed E-state index contributed by atoms with van der Waals surface area (Å²) < 4.78 is 27.0. The molecule has 0 aliphatic carbocycles. The summed E-state index contributed by atoms with van der Waals surface area (Å²) in [5, 5.41) is 2.76. The molecule has 138 valence electrons. The second kappa shape index (κ2) is 12.0. The minimum atomic E-state index is -2.87. The summed E-state index contributed by atoms with van der Waals surface area (Å²) in [4.78, 5) is 11.4. The van der Waals surface area contributed by atoms with Gasteiger partial charge in [-0.15, -0.1) is 0 Å². The molecule has 1 N–H and O–H groups in total. The fourth-order valence-corrected chi connectivity index (χ4v) is 3.89. The number of rotatable bonds is 12. The molecule has 0 aliphatic rings. The Hall–Kier alpha value is -0.430. The Kier molecular flexibility index (Phi) is 11.8. The van der Waals surface area contributed by atoms with Gasteiger partial charge < -0.3 is 10.1 Å². The van der Waals surface area contributed by atoms with Crippen molar-refractivity contribution in [1.82, 2.24) is 5.32 Å². The van der Waals surface area contributed by atoms with E-state index in [9.17, 15) is 13.2 Å². The number of ether oxygens (including phenoxy) is 1. The van der Waals surface area contributed by atoms with Crippen molar-refractivity contribution >= 4 is 25.8 Å². The molecular formula is C16H33NO4S2. The summed E-state index contributed by atoms with van der Waals surface area (Å²) in [6.45, 7) is 6.23. The molecule has 0 spiro atoms. The van der Waals surface area contributed by atoms with Gasteiger partial charge in [0.2, 0.25) is 0 Å². The summed E-state index contributed by atoms with van der Waals surface area (Å²) in [5.74, 6) is 0.704. The summed E-state index contributed by atoms with van der Waals surface area (Å²) >= 11 is 0. The maximum atomic E-state index is 11.4. The highest BCUT2D eigenvalue weighted by Gasteiger charge is 2.15. The smallest absolute Gasteiger partial charge is 0.407 e. The van der Waals surface area contributed by atoms with Gasteiger partial charge in [0.25, 0.3) is 0 Å². The van der Waals surface area contributed by atoms with E-state index in [1.807, 2.05) is 20.8 Å². The number of hydrogen-bond donors (Lipinski definition) is 1. The molecule has 5 nitrogen and oxygen atoms in total. The monoisotopic (exact) mass is 367 g/mol. The maximum Gasteiger partial charge on any atom is 0.407 e. The maximum absolute atomic E-state index is 11.4. The van der Waals surface area contributed by atoms with Crippen LogP contribution in [0.1, 0.15) is 72.1 Å². The first-order chi connectivity index (χ1) is 10.6. The third kappa shape index (κ3) is 19.5. The Bertz CT molecular complexity index is 416. The van der Waals surface area contributed by atoms with Crippen molar-refractivity contribution in [2.75, 3.05) is 18.6 Å². The highest BCUT2D eigenvalue weighted by atomic mass is 33.1. The molecule has 0 heterocycles. The predicted octanol–water partition coefficient (Wildman–Crippen LogP) is 4.32. The van der Waals surface area contributed by atoms with E-state index < -0.39 is 14.5 Å². The van der Waals surface area contributed by atoms with E-state index in [4.69, 9.17) is 4.74 Å². The largest absolute Gasteiger partial charge is 0.444 e. The van der Waals surface area contributed by atoms with Crippen LogP contribution in [0.15, 0.2) is 0 Å². The Labute approximate surface area is 145 Å².